The van der Waals surface area contributed by atoms with Crippen LogP contribution in [-0.2, 0) is 9.53 Å². The summed E-state index contributed by atoms with van der Waals surface area (Å²) in [5, 5.41) is 7.71. The average Bonchev–Trinajstić information content (AvgIpc) is 2.50. The highest BCUT2D eigenvalue weighted by molar-refractivity contribution is 5.94. The molecule has 7 nitrogen and oxygen atoms in total. The SMILES string of the molecule is CC(C)(C)OC(=O)NCCC(=O)NCCNC(=O)c1ccc(F)cc1. The Labute approximate surface area is 146 Å². The number of amides is 3. The molecule has 1 aromatic carbocycles. The van der Waals surface area contributed by atoms with E-state index in [1.807, 2.05) is 0 Å². The lowest BCUT2D eigenvalue weighted by Gasteiger charge is -2.19. The Hall–Kier alpha value is -2.64. The van der Waals surface area contributed by atoms with Gasteiger partial charge in [0.2, 0.25) is 5.91 Å². The minimum Gasteiger partial charge on any atom is -0.444 e. The monoisotopic (exact) mass is 353 g/mol. The van der Waals surface area contributed by atoms with Gasteiger partial charge < -0.3 is 20.7 Å². The number of rotatable bonds is 7. The maximum absolute atomic E-state index is 12.8. The quantitative estimate of drug-likeness (QED) is 0.649. The van der Waals surface area contributed by atoms with Crippen LogP contribution in [0.5, 0.6) is 0 Å². The number of nitrogens with one attached hydrogen (secondary N) is 3. The Bertz CT molecular complexity index is 597. The molecule has 0 aromatic heterocycles. The van der Waals surface area contributed by atoms with Gasteiger partial charge in [0, 0.05) is 31.6 Å². The number of carbonyl (C=O) groups excluding carboxylic acids is 3. The van der Waals surface area contributed by atoms with Gasteiger partial charge in [0.05, 0.1) is 0 Å². The summed E-state index contributed by atoms with van der Waals surface area (Å²) >= 11 is 0. The molecule has 0 unspecified atom stereocenters. The van der Waals surface area contributed by atoms with Crippen LogP contribution in [0.4, 0.5) is 9.18 Å². The lowest BCUT2D eigenvalue weighted by atomic mass is 10.2. The zero-order valence-corrected chi connectivity index (χ0v) is 14.6. The summed E-state index contributed by atoms with van der Waals surface area (Å²) < 4.78 is 17.8. The summed E-state index contributed by atoms with van der Waals surface area (Å²) in [6.07, 6.45) is -0.475. The number of carbonyl (C=O) groups is 3. The Balaban J connectivity index is 2.13. The van der Waals surface area contributed by atoms with Crippen LogP contribution in [0, 0.1) is 5.82 Å². The number of halogens is 1. The predicted octanol–water partition coefficient (Wildman–Crippen LogP) is 1.59. The van der Waals surface area contributed by atoms with Crippen LogP contribution in [0.3, 0.4) is 0 Å². The van der Waals surface area contributed by atoms with Crippen LogP contribution in [0.1, 0.15) is 37.6 Å². The maximum atomic E-state index is 12.8. The van der Waals surface area contributed by atoms with Crippen molar-refractivity contribution in [3.63, 3.8) is 0 Å². The van der Waals surface area contributed by atoms with E-state index in [9.17, 15) is 18.8 Å². The fraction of sp³-hybridized carbons (Fsp3) is 0.471. The fourth-order valence-electron chi connectivity index (χ4n) is 1.76. The first kappa shape index (κ1) is 20.4. The normalized spacial score (nSPS) is 10.7. The Morgan fingerprint density at radius 1 is 0.960 bits per heavy atom. The van der Waals surface area contributed by atoms with Gasteiger partial charge in [-0.2, -0.15) is 0 Å². The third-order valence-electron chi connectivity index (χ3n) is 2.86. The van der Waals surface area contributed by atoms with Gasteiger partial charge in [0.25, 0.3) is 5.91 Å². The van der Waals surface area contributed by atoms with Crippen molar-refractivity contribution in [1.29, 1.82) is 0 Å². The zero-order valence-electron chi connectivity index (χ0n) is 14.6. The number of hydrogen-bond acceptors (Lipinski definition) is 4. The highest BCUT2D eigenvalue weighted by Crippen LogP contribution is 2.06. The van der Waals surface area contributed by atoms with E-state index in [0.29, 0.717) is 5.56 Å². The first-order chi connectivity index (χ1) is 11.7. The van der Waals surface area contributed by atoms with Gasteiger partial charge in [-0.3, -0.25) is 9.59 Å². The number of ether oxygens (including phenoxy) is 1. The summed E-state index contributed by atoms with van der Waals surface area (Å²) in [6, 6.07) is 5.17. The van der Waals surface area contributed by atoms with Crippen molar-refractivity contribution in [1.82, 2.24) is 16.0 Å². The second-order valence-corrected chi connectivity index (χ2v) is 6.29. The van der Waals surface area contributed by atoms with Crippen molar-refractivity contribution in [2.75, 3.05) is 19.6 Å². The minimum atomic E-state index is -0.588. The molecular formula is C17H24FN3O4. The van der Waals surface area contributed by atoms with Gasteiger partial charge in [-0.25, -0.2) is 9.18 Å². The Morgan fingerprint density at radius 3 is 2.16 bits per heavy atom. The lowest BCUT2D eigenvalue weighted by Crippen LogP contribution is -2.37. The Kier molecular flexibility index (Phi) is 7.84. The van der Waals surface area contributed by atoms with E-state index < -0.39 is 17.5 Å². The summed E-state index contributed by atoms with van der Waals surface area (Å²) in [4.78, 5) is 34.8. The van der Waals surface area contributed by atoms with Crippen molar-refractivity contribution in [2.24, 2.45) is 0 Å². The van der Waals surface area contributed by atoms with Crippen molar-refractivity contribution in [3.8, 4) is 0 Å². The molecule has 0 saturated carbocycles. The predicted molar refractivity (Wildman–Crippen MR) is 90.6 cm³/mol. The van der Waals surface area contributed by atoms with E-state index in [1.54, 1.807) is 20.8 Å². The van der Waals surface area contributed by atoms with Crippen LogP contribution in [0.15, 0.2) is 24.3 Å². The first-order valence-corrected chi connectivity index (χ1v) is 7.95. The largest absolute Gasteiger partial charge is 0.444 e. The molecule has 25 heavy (non-hydrogen) atoms. The van der Waals surface area contributed by atoms with E-state index in [0.717, 1.165) is 0 Å². The smallest absolute Gasteiger partial charge is 0.407 e. The topological polar surface area (TPSA) is 96.5 Å². The lowest BCUT2D eigenvalue weighted by molar-refractivity contribution is -0.120. The van der Waals surface area contributed by atoms with E-state index in [4.69, 9.17) is 4.74 Å². The van der Waals surface area contributed by atoms with Crippen molar-refractivity contribution >= 4 is 17.9 Å². The zero-order chi connectivity index (χ0) is 18.9. The third kappa shape index (κ3) is 9.29. The molecule has 0 aliphatic carbocycles. The molecule has 8 heteroatoms. The van der Waals surface area contributed by atoms with Gasteiger partial charge in [-0.15, -0.1) is 0 Å². The fourth-order valence-corrected chi connectivity index (χ4v) is 1.76. The third-order valence-corrected chi connectivity index (χ3v) is 2.86. The summed E-state index contributed by atoms with van der Waals surface area (Å²) in [7, 11) is 0. The van der Waals surface area contributed by atoms with Gasteiger partial charge >= 0.3 is 6.09 Å². The van der Waals surface area contributed by atoms with Crippen LogP contribution >= 0.6 is 0 Å². The van der Waals surface area contributed by atoms with Gasteiger partial charge in [-0.05, 0) is 45.0 Å². The molecule has 0 spiro atoms. The van der Waals surface area contributed by atoms with Crippen molar-refractivity contribution in [2.45, 2.75) is 32.8 Å². The maximum Gasteiger partial charge on any atom is 0.407 e. The van der Waals surface area contributed by atoms with Gasteiger partial charge in [-0.1, -0.05) is 0 Å². The summed E-state index contributed by atoms with van der Waals surface area (Å²) in [5.41, 5.74) is -0.246. The van der Waals surface area contributed by atoms with Crippen LogP contribution < -0.4 is 16.0 Å². The molecule has 0 aliphatic heterocycles. The van der Waals surface area contributed by atoms with Gasteiger partial charge in [0.1, 0.15) is 11.4 Å². The molecule has 1 rings (SSSR count). The van der Waals surface area contributed by atoms with Crippen molar-refractivity contribution in [3.05, 3.63) is 35.6 Å². The van der Waals surface area contributed by atoms with E-state index in [1.165, 1.54) is 24.3 Å². The molecule has 0 saturated heterocycles. The second kappa shape index (κ2) is 9.61. The van der Waals surface area contributed by atoms with Crippen LogP contribution in [-0.4, -0.2) is 43.1 Å². The highest BCUT2D eigenvalue weighted by atomic mass is 19.1. The van der Waals surface area contributed by atoms with Crippen LogP contribution in [0.25, 0.3) is 0 Å². The highest BCUT2D eigenvalue weighted by Gasteiger charge is 2.15. The molecule has 138 valence electrons. The first-order valence-electron chi connectivity index (χ1n) is 7.95. The molecule has 3 amide bonds. The van der Waals surface area contributed by atoms with Crippen LogP contribution in [0.2, 0.25) is 0 Å². The molecule has 0 aliphatic rings. The molecule has 0 heterocycles. The molecule has 3 N–H and O–H groups in total. The number of hydrogen-bond donors (Lipinski definition) is 3. The molecule has 1 aromatic rings. The van der Waals surface area contributed by atoms with E-state index in [-0.39, 0.29) is 37.9 Å². The molecule has 0 radical (unpaired) electrons. The van der Waals surface area contributed by atoms with Gasteiger partial charge in [0.15, 0.2) is 0 Å². The number of alkyl carbamates (subject to hydrolysis) is 1. The van der Waals surface area contributed by atoms with Crippen molar-refractivity contribution < 1.29 is 23.5 Å². The second-order valence-electron chi connectivity index (χ2n) is 6.29. The molecular weight excluding hydrogens is 329 g/mol. The molecule has 0 atom stereocenters. The van der Waals surface area contributed by atoms with E-state index >= 15 is 0 Å². The van der Waals surface area contributed by atoms with E-state index in [2.05, 4.69) is 16.0 Å². The minimum absolute atomic E-state index is 0.102. The Morgan fingerprint density at radius 2 is 1.56 bits per heavy atom. The molecule has 0 bridgehead atoms. The number of benzene rings is 1. The average molecular weight is 353 g/mol. The summed E-state index contributed by atoms with van der Waals surface area (Å²) in [6.45, 7) is 5.89. The summed E-state index contributed by atoms with van der Waals surface area (Å²) in [5.74, 6) is -1.02. The standard InChI is InChI=1S/C17H24FN3O4/c1-17(2,3)25-16(24)21-9-8-14(22)19-10-11-20-15(23)12-4-6-13(18)7-5-12/h4-7H,8-11H2,1-3H3,(H,19,22)(H,20,23)(H,21,24). The molecule has 0 fully saturated rings.